The van der Waals surface area contributed by atoms with Gasteiger partial charge in [0.1, 0.15) is 29.5 Å². The van der Waals surface area contributed by atoms with E-state index < -0.39 is 29.8 Å². The second-order valence-corrected chi connectivity index (χ2v) is 7.61. The van der Waals surface area contributed by atoms with Gasteiger partial charge in [-0.1, -0.05) is 0 Å². The van der Waals surface area contributed by atoms with Crippen molar-refractivity contribution in [3.05, 3.63) is 59.4 Å². The molecule has 0 spiro atoms. The average molecular weight is 482 g/mol. The lowest BCUT2D eigenvalue weighted by molar-refractivity contribution is -0.146. The first kappa shape index (κ1) is 23.3. The summed E-state index contributed by atoms with van der Waals surface area (Å²) < 4.78 is 74.2. The highest BCUT2D eigenvalue weighted by molar-refractivity contribution is 6.13. The van der Waals surface area contributed by atoms with Crippen LogP contribution in [0.4, 0.5) is 33.3 Å². The Hall–Kier alpha value is -3.87. The number of furan rings is 1. The van der Waals surface area contributed by atoms with Crippen LogP contribution in [-0.4, -0.2) is 30.5 Å². The topological polar surface area (TPSA) is 122 Å². The van der Waals surface area contributed by atoms with Crippen LogP contribution in [-0.2, 0) is 0 Å². The summed E-state index contributed by atoms with van der Waals surface area (Å²) in [4.78, 5) is 13.7. The number of rotatable bonds is 4. The predicted octanol–water partition coefficient (Wildman–Crippen LogP) is 3.58. The number of nitrogens with zero attached hydrogens (tertiary/aromatic N) is 2. The van der Waals surface area contributed by atoms with E-state index in [9.17, 15) is 26.7 Å². The number of hydrazone groups is 1. The van der Waals surface area contributed by atoms with Gasteiger partial charge in [-0.25, -0.2) is 14.6 Å². The molecule has 1 aliphatic heterocycles. The number of carbonyl (C=O) groups excluding carboxylic acids is 1. The number of fused-ring (bicyclic) bond motifs is 1. The van der Waals surface area contributed by atoms with Gasteiger partial charge in [-0.2, -0.15) is 18.3 Å². The summed E-state index contributed by atoms with van der Waals surface area (Å²) in [5.41, 5.74) is 1.94. The number of hydrazine groups is 1. The van der Waals surface area contributed by atoms with Crippen molar-refractivity contribution in [3.8, 4) is 0 Å². The molecule has 0 aliphatic carbocycles. The Balaban J connectivity index is 1.57. The number of amides is 1. The number of halogens is 5. The van der Waals surface area contributed by atoms with Crippen LogP contribution in [0.1, 0.15) is 28.8 Å². The first-order valence-electron chi connectivity index (χ1n) is 10.0. The fraction of sp³-hybridized carbons (Fsp3) is 0.238. The van der Waals surface area contributed by atoms with E-state index in [4.69, 9.17) is 16.1 Å². The van der Waals surface area contributed by atoms with Crippen molar-refractivity contribution in [2.45, 2.75) is 25.1 Å². The average Bonchev–Trinajstić information content (AvgIpc) is 3.42. The molecule has 13 heteroatoms. The number of alkyl halides is 3. The van der Waals surface area contributed by atoms with Gasteiger partial charge in [0.25, 0.3) is 5.91 Å². The van der Waals surface area contributed by atoms with Gasteiger partial charge in [-0.05, 0) is 43.2 Å². The first-order valence-corrected chi connectivity index (χ1v) is 10.0. The molecule has 1 amide bonds. The van der Waals surface area contributed by atoms with Gasteiger partial charge in [-0.15, -0.1) is 0 Å². The van der Waals surface area contributed by atoms with Crippen LogP contribution in [0.3, 0.4) is 0 Å². The number of nitrogens with two attached hydrogens (primary N) is 2. The van der Waals surface area contributed by atoms with Crippen molar-refractivity contribution >= 4 is 34.1 Å². The van der Waals surface area contributed by atoms with Gasteiger partial charge in [0.05, 0.1) is 16.8 Å². The van der Waals surface area contributed by atoms with Crippen molar-refractivity contribution in [2.75, 3.05) is 16.8 Å². The third kappa shape index (κ3) is 4.21. The summed E-state index contributed by atoms with van der Waals surface area (Å²) in [5, 5.41) is 5.88. The van der Waals surface area contributed by atoms with E-state index >= 15 is 0 Å². The lowest BCUT2D eigenvalue weighted by atomic mass is 10.1. The Kier molecular flexibility index (Phi) is 6.04. The number of benzene rings is 2. The van der Waals surface area contributed by atoms with E-state index in [1.54, 1.807) is 0 Å². The van der Waals surface area contributed by atoms with Crippen molar-refractivity contribution in [1.82, 2.24) is 5.43 Å². The molecule has 1 unspecified atom stereocenters. The van der Waals surface area contributed by atoms with E-state index in [0.717, 1.165) is 23.3 Å². The largest absolute Gasteiger partial charge is 0.463 e. The van der Waals surface area contributed by atoms with Gasteiger partial charge in [0, 0.05) is 17.6 Å². The quantitative estimate of drug-likeness (QED) is 0.148. The molecule has 8 nitrogen and oxygen atoms in total. The maximum Gasteiger partial charge on any atom is 0.408 e. The SMILES string of the molecule is N/N=C(\NN)c1cc2occ(C(=O)Nc3ccc(N4CCCC4C(F)(F)F)c(F)c3)c2cc1F. The van der Waals surface area contributed by atoms with Crippen LogP contribution in [0.15, 0.2) is 46.1 Å². The molecule has 3 aromatic rings. The van der Waals surface area contributed by atoms with Gasteiger partial charge in [0.2, 0.25) is 0 Å². The first-order chi connectivity index (χ1) is 16.1. The number of hydrogen-bond acceptors (Lipinski definition) is 6. The predicted molar refractivity (Wildman–Crippen MR) is 115 cm³/mol. The second-order valence-electron chi connectivity index (χ2n) is 7.61. The second kappa shape index (κ2) is 8.82. The van der Waals surface area contributed by atoms with Crippen LogP contribution < -0.4 is 27.3 Å². The molecule has 1 aliphatic rings. The van der Waals surface area contributed by atoms with Crippen LogP contribution in [0.25, 0.3) is 11.0 Å². The van der Waals surface area contributed by atoms with E-state index in [1.807, 2.05) is 0 Å². The number of carbonyl (C=O) groups is 1. The molecule has 1 atom stereocenters. The van der Waals surface area contributed by atoms with Crippen molar-refractivity contribution in [1.29, 1.82) is 0 Å². The molecule has 2 heterocycles. The van der Waals surface area contributed by atoms with Gasteiger partial charge in [-0.3, -0.25) is 4.79 Å². The Labute approximate surface area is 189 Å². The van der Waals surface area contributed by atoms with E-state index in [2.05, 4.69) is 15.8 Å². The summed E-state index contributed by atoms with van der Waals surface area (Å²) in [6.07, 6.45) is -3.23. The van der Waals surface area contributed by atoms with E-state index in [0.29, 0.717) is 0 Å². The van der Waals surface area contributed by atoms with Gasteiger partial charge < -0.3 is 25.9 Å². The summed E-state index contributed by atoms with van der Waals surface area (Å²) in [6.45, 7) is 0.0671. The number of nitrogens with one attached hydrogen (secondary N) is 2. The third-order valence-corrected chi connectivity index (χ3v) is 5.57. The normalized spacial score (nSPS) is 16.8. The summed E-state index contributed by atoms with van der Waals surface area (Å²) >= 11 is 0. The zero-order valence-corrected chi connectivity index (χ0v) is 17.4. The van der Waals surface area contributed by atoms with Crippen LogP contribution in [0, 0.1) is 11.6 Å². The van der Waals surface area contributed by atoms with Gasteiger partial charge in [0.15, 0.2) is 5.84 Å². The van der Waals surface area contributed by atoms with Crippen molar-refractivity contribution in [2.24, 2.45) is 16.8 Å². The molecule has 180 valence electrons. The highest BCUT2D eigenvalue weighted by Crippen LogP contribution is 2.37. The molecular formula is C21H19F5N6O2. The van der Waals surface area contributed by atoms with E-state index in [-0.39, 0.29) is 58.7 Å². The third-order valence-electron chi connectivity index (χ3n) is 5.57. The molecule has 4 rings (SSSR count). The van der Waals surface area contributed by atoms with Gasteiger partial charge >= 0.3 is 6.18 Å². The molecular weight excluding hydrogens is 463 g/mol. The standard InChI is InChI=1S/C21H19F5N6O2/c22-14-7-11-13(9-34-17(11)8-12(14)19(30-27)31-28)20(33)29-10-3-4-16(15(23)6-10)32-5-1-2-18(32)21(24,25)26/h3-4,6-9,18H,1-2,5,27-28H2,(H,29,33)(H,30,31). The fourth-order valence-electron chi connectivity index (χ4n) is 4.00. The molecule has 1 saturated heterocycles. The maximum atomic E-state index is 14.7. The van der Waals surface area contributed by atoms with Crippen LogP contribution in [0.5, 0.6) is 0 Å². The molecule has 34 heavy (non-hydrogen) atoms. The lowest BCUT2D eigenvalue weighted by Crippen LogP contribution is -2.41. The highest BCUT2D eigenvalue weighted by atomic mass is 19.4. The smallest absolute Gasteiger partial charge is 0.408 e. The Morgan fingerprint density at radius 3 is 2.56 bits per heavy atom. The molecule has 2 aromatic carbocycles. The van der Waals surface area contributed by atoms with Crippen LogP contribution >= 0.6 is 0 Å². The summed E-state index contributed by atoms with van der Waals surface area (Å²) in [6, 6.07) is 3.91. The van der Waals surface area contributed by atoms with E-state index in [1.165, 1.54) is 18.2 Å². The summed E-state index contributed by atoms with van der Waals surface area (Å²) in [5.74, 6) is 7.81. The minimum Gasteiger partial charge on any atom is -0.463 e. The van der Waals surface area contributed by atoms with Crippen LogP contribution in [0.2, 0.25) is 0 Å². The molecule has 0 bridgehead atoms. The fourth-order valence-corrected chi connectivity index (χ4v) is 4.00. The monoisotopic (exact) mass is 482 g/mol. The zero-order chi connectivity index (χ0) is 24.6. The molecule has 6 N–H and O–H groups in total. The number of anilines is 2. The Morgan fingerprint density at radius 1 is 1.15 bits per heavy atom. The minimum absolute atomic E-state index is 0.00494. The lowest BCUT2D eigenvalue weighted by Gasteiger charge is -2.28. The molecule has 1 aromatic heterocycles. The maximum absolute atomic E-state index is 14.7. The van der Waals surface area contributed by atoms with Crippen molar-refractivity contribution in [3.63, 3.8) is 0 Å². The highest BCUT2D eigenvalue weighted by Gasteiger charge is 2.46. The summed E-state index contributed by atoms with van der Waals surface area (Å²) in [7, 11) is 0. The molecule has 1 fully saturated rings. The zero-order valence-electron chi connectivity index (χ0n) is 17.4. The number of hydrogen-bond donors (Lipinski definition) is 4. The minimum atomic E-state index is -4.48. The van der Waals surface area contributed by atoms with Crippen molar-refractivity contribution < 1.29 is 31.2 Å². The number of amidine groups is 1. The molecule has 0 radical (unpaired) electrons. The Bertz CT molecular complexity index is 1270. The Morgan fingerprint density at radius 2 is 1.91 bits per heavy atom. The molecule has 0 saturated carbocycles.